The van der Waals surface area contributed by atoms with Crippen molar-refractivity contribution in [2.24, 2.45) is 0 Å². The molecular formula is C27H32N2O5. The van der Waals surface area contributed by atoms with E-state index in [2.05, 4.69) is 4.98 Å². The van der Waals surface area contributed by atoms with E-state index < -0.39 is 6.09 Å². The Labute approximate surface area is 200 Å². The number of aromatic nitrogens is 1. The van der Waals surface area contributed by atoms with Crippen LogP contribution >= 0.6 is 0 Å². The molecule has 7 heteroatoms. The summed E-state index contributed by atoms with van der Waals surface area (Å²) >= 11 is 0. The maximum atomic E-state index is 12.3. The predicted octanol–water partition coefficient (Wildman–Crippen LogP) is 6.87. The second-order valence-corrected chi connectivity index (χ2v) is 8.77. The minimum atomic E-state index is -0.899. The molecule has 1 fully saturated rings. The van der Waals surface area contributed by atoms with Gasteiger partial charge in [-0.1, -0.05) is 25.7 Å². The van der Waals surface area contributed by atoms with Crippen LogP contribution in [0.25, 0.3) is 10.9 Å². The normalized spacial score (nSPS) is 14.5. The van der Waals surface area contributed by atoms with Crippen molar-refractivity contribution in [3.05, 3.63) is 47.7 Å². The summed E-state index contributed by atoms with van der Waals surface area (Å²) in [5.74, 6) is 2.51. The van der Waals surface area contributed by atoms with E-state index in [9.17, 15) is 9.90 Å². The second-order valence-electron chi connectivity index (χ2n) is 8.77. The number of pyridine rings is 1. The Balaban J connectivity index is 1.70. The summed E-state index contributed by atoms with van der Waals surface area (Å²) < 4.78 is 17.2. The fraction of sp³-hybridized carbons (Fsp3) is 0.407. The quantitative estimate of drug-likeness (QED) is 0.401. The van der Waals surface area contributed by atoms with Crippen molar-refractivity contribution in [1.29, 1.82) is 0 Å². The summed E-state index contributed by atoms with van der Waals surface area (Å²) in [6, 6.07) is 9.22. The molecule has 1 saturated carbocycles. The molecule has 1 N–H and O–H groups in total. The molecule has 0 bridgehead atoms. The van der Waals surface area contributed by atoms with Crippen LogP contribution in [-0.2, 0) is 0 Å². The lowest BCUT2D eigenvalue weighted by molar-refractivity contribution is 0.198. The number of ether oxygens (including phenoxy) is 3. The maximum Gasteiger partial charge on any atom is 0.412 e. The fourth-order valence-corrected chi connectivity index (χ4v) is 4.78. The van der Waals surface area contributed by atoms with E-state index in [4.69, 9.17) is 14.2 Å². The maximum absolute atomic E-state index is 12.3. The van der Waals surface area contributed by atoms with Crippen molar-refractivity contribution in [2.45, 2.75) is 58.4 Å². The van der Waals surface area contributed by atoms with Gasteiger partial charge in [0.15, 0.2) is 11.5 Å². The molecule has 1 aromatic heterocycles. The number of fused-ring (bicyclic) bond motifs is 1. The number of methoxy groups -OCH3 is 2. The summed E-state index contributed by atoms with van der Waals surface area (Å²) in [6.07, 6.45) is 7.07. The highest BCUT2D eigenvalue weighted by Crippen LogP contribution is 2.39. The van der Waals surface area contributed by atoms with Gasteiger partial charge in [0, 0.05) is 23.7 Å². The lowest BCUT2D eigenvalue weighted by atomic mass is 10.0. The molecule has 1 aliphatic carbocycles. The molecule has 0 spiro atoms. The van der Waals surface area contributed by atoms with Gasteiger partial charge >= 0.3 is 6.09 Å². The molecule has 0 aliphatic heterocycles. The molecule has 1 aliphatic rings. The van der Waals surface area contributed by atoms with Gasteiger partial charge in [0.2, 0.25) is 0 Å². The number of benzene rings is 2. The number of carbonyl (C=O) groups is 1. The van der Waals surface area contributed by atoms with Crippen LogP contribution in [0, 0.1) is 13.8 Å². The van der Waals surface area contributed by atoms with Crippen LogP contribution in [0.5, 0.6) is 23.0 Å². The van der Waals surface area contributed by atoms with Gasteiger partial charge < -0.3 is 19.3 Å². The van der Waals surface area contributed by atoms with Crippen LogP contribution < -0.4 is 19.1 Å². The third-order valence-corrected chi connectivity index (χ3v) is 6.79. The summed E-state index contributed by atoms with van der Waals surface area (Å²) in [7, 11) is 3.18. The average Bonchev–Trinajstić information content (AvgIpc) is 3.12. The summed E-state index contributed by atoms with van der Waals surface area (Å²) in [5.41, 5.74) is 3.27. The van der Waals surface area contributed by atoms with E-state index in [1.807, 2.05) is 44.2 Å². The third kappa shape index (κ3) is 4.60. The van der Waals surface area contributed by atoms with Crippen LogP contribution in [-0.4, -0.2) is 36.4 Å². The van der Waals surface area contributed by atoms with E-state index in [1.165, 1.54) is 12.8 Å². The molecule has 0 radical (unpaired) electrons. The summed E-state index contributed by atoms with van der Waals surface area (Å²) in [4.78, 5) is 18.3. The predicted molar refractivity (Wildman–Crippen MR) is 133 cm³/mol. The Morgan fingerprint density at radius 2 is 1.59 bits per heavy atom. The Morgan fingerprint density at radius 3 is 2.24 bits per heavy atom. The van der Waals surface area contributed by atoms with Gasteiger partial charge in [-0.25, -0.2) is 4.79 Å². The van der Waals surface area contributed by atoms with Gasteiger partial charge in [-0.2, -0.15) is 0 Å². The highest BCUT2D eigenvalue weighted by Gasteiger charge is 2.28. The van der Waals surface area contributed by atoms with Crippen molar-refractivity contribution >= 4 is 22.7 Å². The highest BCUT2D eigenvalue weighted by molar-refractivity contribution is 5.89. The largest absolute Gasteiger partial charge is 0.493 e. The lowest BCUT2D eigenvalue weighted by Gasteiger charge is -2.30. The van der Waals surface area contributed by atoms with E-state index >= 15 is 0 Å². The molecule has 0 saturated heterocycles. The Morgan fingerprint density at radius 1 is 0.912 bits per heavy atom. The number of carboxylic acid groups (broad SMARTS) is 1. The molecule has 0 atom stereocenters. The molecule has 1 heterocycles. The molecule has 180 valence electrons. The molecule has 4 rings (SSSR count). The Kier molecular flexibility index (Phi) is 7.10. The number of hydrogen-bond donors (Lipinski definition) is 1. The third-order valence-electron chi connectivity index (χ3n) is 6.79. The number of amides is 1. The first-order chi connectivity index (χ1) is 16.4. The first-order valence-corrected chi connectivity index (χ1v) is 11.8. The van der Waals surface area contributed by atoms with E-state index in [0.29, 0.717) is 23.0 Å². The number of anilines is 1. The van der Waals surface area contributed by atoms with Gasteiger partial charge in [-0.15, -0.1) is 0 Å². The van der Waals surface area contributed by atoms with Crippen molar-refractivity contribution in [1.82, 2.24) is 4.98 Å². The molecule has 1 amide bonds. The van der Waals surface area contributed by atoms with Gasteiger partial charge in [0.05, 0.1) is 25.4 Å². The molecule has 2 aromatic carbocycles. The average molecular weight is 465 g/mol. The smallest absolute Gasteiger partial charge is 0.412 e. The molecule has 0 unspecified atom stereocenters. The van der Waals surface area contributed by atoms with Crippen molar-refractivity contribution in [3.8, 4) is 23.0 Å². The van der Waals surface area contributed by atoms with E-state index in [1.54, 1.807) is 25.3 Å². The van der Waals surface area contributed by atoms with Crippen LogP contribution in [0.3, 0.4) is 0 Å². The summed E-state index contributed by atoms with van der Waals surface area (Å²) in [6.45, 7) is 3.93. The summed E-state index contributed by atoms with van der Waals surface area (Å²) in [5, 5.41) is 10.9. The van der Waals surface area contributed by atoms with Crippen LogP contribution in [0.1, 0.15) is 49.7 Å². The van der Waals surface area contributed by atoms with Gasteiger partial charge in [0.1, 0.15) is 11.5 Å². The van der Waals surface area contributed by atoms with Crippen molar-refractivity contribution in [2.75, 3.05) is 19.1 Å². The minimum Gasteiger partial charge on any atom is -0.493 e. The van der Waals surface area contributed by atoms with Crippen molar-refractivity contribution < 1.29 is 24.1 Å². The zero-order chi connectivity index (χ0) is 24.2. The Bertz CT molecular complexity index is 1190. The number of hydrogen-bond acceptors (Lipinski definition) is 5. The van der Waals surface area contributed by atoms with Gasteiger partial charge in [0.25, 0.3) is 0 Å². The molecule has 34 heavy (non-hydrogen) atoms. The molecular weight excluding hydrogens is 432 g/mol. The standard InChI is InChI=1S/C27H32N2O5/c1-17-18(2)23(12-11-22(17)29(27(30)31)19-9-7-5-6-8-10-19)34-24-13-14-28-21-16-26(33-4)25(32-3)15-20(21)24/h11-16,19H,5-10H2,1-4H3,(H,30,31). The van der Waals surface area contributed by atoms with Crippen LogP contribution in [0.2, 0.25) is 0 Å². The first kappa shape index (κ1) is 23.7. The molecule has 3 aromatic rings. The highest BCUT2D eigenvalue weighted by atomic mass is 16.5. The monoisotopic (exact) mass is 464 g/mol. The Hall–Kier alpha value is -3.48. The first-order valence-electron chi connectivity index (χ1n) is 11.8. The second kappa shape index (κ2) is 10.2. The lowest BCUT2D eigenvalue weighted by Crippen LogP contribution is -2.39. The van der Waals surface area contributed by atoms with E-state index in [0.717, 1.165) is 53.4 Å². The zero-order valence-electron chi connectivity index (χ0n) is 20.3. The van der Waals surface area contributed by atoms with E-state index in [-0.39, 0.29) is 6.04 Å². The van der Waals surface area contributed by atoms with Gasteiger partial charge in [-0.05, 0) is 62.1 Å². The van der Waals surface area contributed by atoms with Gasteiger partial charge in [-0.3, -0.25) is 9.88 Å². The fourth-order valence-electron chi connectivity index (χ4n) is 4.78. The number of nitrogens with zero attached hydrogens (tertiary/aromatic N) is 2. The van der Waals surface area contributed by atoms with Crippen molar-refractivity contribution in [3.63, 3.8) is 0 Å². The van der Waals surface area contributed by atoms with Crippen LogP contribution in [0.15, 0.2) is 36.5 Å². The number of rotatable bonds is 6. The topological polar surface area (TPSA) is 81.1 Å². The minimum absolute atomic E-state index is 0.0106. The van der Waals surface area contributed by atoms with Crippen LogP contribution in [0.4, 0.5) is 10.5 Å². The molecule has 7 nitrogen and oxygen atoms in total. The zero-order valence-corrected chi connectivity index (χ0v) is 20.3. The SMILES string of the molecule is COc1cc2nccc(Oc3ccc(N(C(=O)O)C4CCCCCC4)c(C)c3C)c2cc1OC.